The lowest BCUT2D eigenvalue weighted by atomic mass is 10.3. The Morgan fingerprint density at radius 3 is 2.50 bits per heavy atom. The summed E-state index contributed by atoms with van der Waals surface area (Å²) in [5.74, 6) is 0.172. The molecule has 2 heterocycles. The summed E-state index contributed by atoms with van der Waals surface area (Å²) in [6, 6.07) is 0. The van der Waals surface area contributed by atoms with Crippen molar-refractivity contribution >= 4 is 17.6 Å². The van der Waals surface area contributed by atoms with E-state index < -0.39 is 5.97 Å². The number of carboxylic acid groups (broad SMARTS) is 1. The average Bonchev–Trinajstić information content (AvgIpc) is 2.63. The van der Waals surface area contributed by atoms with Crippen LogP contribution in [0.25, 0.3) is 0 Å². The zero-order valence-electron chi connectivity index (χ0n) is 10.3. The summed E-state index contributed by atoms with van der Waals surface area (Å²) in [7, 11) is 1.89. The molecule has 0 unspecified atom stereocenters. The third-order valence-corrected chi connectivity index (χ3v) is 3.57. The van der Waals surface area contributed by atoms with Crippen LogP contribution in [0, 0.1) is 0 Å². The van der Waals surface area contributed by atoms with Crippen LogP contribution < -0.4 is 0 Å². The number of carbonyl (C=O) groups is 1. The molecule has 0 spiro atoms. The lowest BCUT2D eigenvalue weighted by molar-refractivity contribution is -0.138. The fourth-order valence-corrected chi connectivity index (χ4v) is 2.21. The van der Waals surface area contributed by atoms with Crippen molar-refractivity contribution in [2.24, 2.45) is 7.05 Å². The van der Waals surface area contributed by atoms with Crippen molar-refractivity contribution in [3.8, 4) is 0 Å². The second-order valence-electron chi connectivity index (χ2n) is 4.50. The van der Waals surface area contributed by atoms with Crippen LogP contribution in [-0.2, 0) is 18.4 Å². The molecule has 7 heteroatoms. The topological polar surface area (TPSA) is 61.6 Å². The molecule has 0 aromatic carbocycles. The van der Waals surface area contributed by atoms with Crippen molar-refractivity contribution in [1.82, 2.24) is 19.4 Å². The summed E-state index contributed by atoms with van der Waals surface area (Å²) < 4.78 is 1.87. The van der Waals surface area contributed by atoms with Crippen LogP contribution in [0.5, 0.6) is 0 Å². The standard InChI is InChI=1S/C11H17ClN4O2/c1-14-9(12)6-13-10(14)7-15-2-4-16(5-3-15)8-11(17)18/h6H,2-5,7-8H2,1H3,(H,17,18). The lowest BCUT2D eigenvalue weighted by Gasteiger charge is -2.33. The van der Waals surface area contributed by atoms with Crippen LogP contribution in [0.4, 0.5) is 0 Å². The van der Waals surface area contributed by atoms with Crippen LogP contribution in [0.3, 0.4) is 0 Å². The molecular weight excluding hydrogens is 256 g/mol. The van der Waals surface area contributed by atoms with Crippen molar-refractivity contribution in [1.29, 1.82) is 0 Å². The third-order valence-electron chi connectivity index (χ3n) is 3.22. The number of rotatable bonds is 4. The van der Waals surface area contributed by atoms with Crippen LogP contribution >= 0.6 is 11.6 Å². The van der Waals surface area contributed by atoms with Gasteiger partial charge < -0.3 is 9.67 Å². The number of piperazine rings is 1. The van der Waals surface area contributed by atoms with Crippen molar-refractivity contribution in [3.05, 3.63) is 17.2 Å². The van der Waals surface area contributed by atoms with Gasteiger partial charge in [0, 0.05) is 33.2 Å². The van der Waals surface area contributed by atoms with Crippen LogP contribution in [0.2, 0.25) is 5.15 Å². The minimum atomic E-state index is -0.765. The van der Waals surface area contributed by atoms with Crippen LogP contribution in [0.15, 0.2) is 6.20 Å². The van der Waals surface area contributed by atoms with Crippen molar-refractivity contribution in [3.63, 3.8) is 0 Å². The summed E-state index contributed by atoms with van der Waals surface area (Å²) >= 11 is 5.94. The Morgan fingerprint density at radius 1 is 1.39 bits per heavy atom. The van der Waals surface area contributed by atoms with E-state index in [1.54, 1.807) is 6.20 Å². The molecule has 1 aromatic rings. The molecule has 1 aliphatic heterocycles. The summed E-state index contributed by atoms with van der Waals surface area (Å²) in [6.45, 7) is 4.16. The number of hydrogen-bond donors (Lipinski definition) is 1. The van der Waals surface area contributed by atoms with E-state index >= 15 is 0 Å². The monoisotopic (exact) mass is 272 g/mol. The third kappa shape index (κ3) is 3.22. The molecule has 6 nitrogen and oxygen atoms in total. The predicted molar refractivity (Wildman–Crippen MR) is 67.6 cm³/mol. The first-order valence-corrected chi connectivity index (χ1v) is 6.26. The number of halogens is 1. The minimum absolute atomic E-state index is 0.127. The van der Waals surface area contributed by atoms with E-state index in [2.05, 4.69) is 9.88 Å². The van der Waals surface area contributed by atoms with E-state index in [0.29, 0.717) is 5.15 Å². The number of hydrogen-bond acceptors (Lipinski definition) is 4. The summed E-state index contributed by atoms with van der Waals surface area (Å²) in [5, 5.41) is 9.36. The van der Waals surface area contributed by atoms with E-state index in [4.69, 9.17) is 16.7 Å². The molecule has 0 aliphatic carbocycles. The van der Waals surface area contributed by atoms with Gasteiger partial charge in [-0.1, -0.05) is 11.6 Å². The number of carboxylic acids is 1. The molecule has 1 aliphatic rings. The molecule has 1 aromatic heterocycles. The highest BCUT2D eigenvalue weighted by molar-refractivity contribution is 6.29. The molecule has 0 atom stereocenters. The number of nitrogens with zero attached hydrogens (tertiary/aromatic N) is 4. The van der Waals surface area contributed by atoms with Crippen LogP contribution in [0.1, 0.15) is 5.82 Å². The van der Waals surface area contributed by atoms with Gasteiger partial charge in [-0.15, -0.1) is 0 Å². The molecule has 1 saturated heterocycles. The molecule has 0 amide bonds. The maximum atomic E-state index is 10.6. The van der Waals surface area contributed by atoms with E-state index in [9.17, 15) is 4.79 Å². The van der Waals surface area contributed by atoms with Gasteiger partial charge in [-0.2, -0.15) is 0 Å². The van der Waals surface area contributed by atoms with Gasteiger partial charge >= 0.3 is 5.97 Å². The van der Waals surface area contributed by atoms with Gasteiger partial charge in [0.05, 0.1) is 19.3 Å². The molecule has 0 radical (unpaired) electrons. The van der Waals surface area contributed by atoms with E-state index in [1.165, 1.54) is 0 Å². The van der Waals surface area contributed by atoms with Crippen molar-refractivity contribution < 1.29 is 9.90 Å². The zero-order chi connectivity index (χ0) is 13.1. The average molecular weight is 273 g/mol. The van der Waals surface area contributed by atoms with E-state index in [0.717, 1.165) is 38.5 Å². The quantitative estimate of drug-likeness (QED) is 0.853. The van der Waals surface area contributed by atoms with Gasteiger partial charge in [0.15, 0.2) is 0 Å². The largest absolute Gasteiger partial charge is 0.480 e. The Morgan fingerprint density at radius 2 is 2.00 bits per heavy atom. The number of aliphatic carboxylic acids is 1. The van der Waals surface area contributed by atoms with E-state index in [1.807, 2.05) is 16.5 Å². The highest BCUT2D eigenvalue weighted by atomic mass is 35.5. The highest BCUT2D eigenvalue weighted by Crippen LogP contribution is 2.12. The van der Waals surface area contributed by atoms with E-state index in [-0.39, 0.29) is 6.54 Å². The molecule has 0 bridgehead atoms. The lowest BCUT2D eigenvalue weighted by Crippen LogP contribution is -2.47. The summed E-state index contributed by atoms with van der Waals surface area (Å²) in [4.78, 5) is 19.1. The van der Waals surface area contributed by atoms with Crippen molar-refractivity contribution in [2.75, 3.05) is 32.7 Å². The molecule has 1 N–H and O–H groups in total. The fourth-order valence-electron chi connectivity index (χ4n) is 2.07. The second kappa shape index (κ2) is 5.69. The highest BCUT2D eigenvalue weighted by Gasteiger charge is 2.19. The molecule has 18 heavy (non-hydrogen) atoms. The molecule has 1 fully saturated rings. The first-order chi connectivity index (χ1) is 8.56. The maximum Gasteiger partial charge on any atom is 0.317 e. The molecule has 2 rings (SSSR count). The first kappa shape index (κ1) is 13.3. The van der Waals surface area contributed by atoms with Crippen LogP contribution in [-0.4, -0.2) is 63.2 Å². The Balaban J connectivity index is 1.83. The Bertz CT molecular complexity index is 427. The van der Waals surface area contributed by atoms with Gasteiger partial charge in [0.25, 0.3) is 0 Å². The van der Waals surface area contributed by atoms with Gasteiger partial charge in [-0.25, -0.2) is 4.98 Å². The van der Waals surface area contributed by atoms with Gasteiger partial charge in [-0.05, 0) is 0 Å². The second-order valence-corrected chi connectivity index (χ2v) is 4.89. The number of aromatic nitrogens is 2. The van der Waals surface area contributed by atoms with Gasteiger partial charge in [0.2, 0.25) is 0 Å². The molecule has 0 saturated carbocycles. The van der Waals surface area contributed by atoms with Gasteiger partial charge in [-0.3, -0.25) is 14.6 Å². The molecular formula is C11H17ClN4O2. The Hall–Kier alpha value is -1.11. The SMILES string of the molecule is Cn1c(Cl)cnc1CN1CCN(CC(=O)O)CC1. The summed E-state index contributed by atoms with van der Waals surface area (Å²) in [6.07, 6.45) is 1.65. The van der Waals surface area contributed by atoms with Gasteiger partial charge in [0.1, 0.15) is 11.0 Å². The van der Waals surface area contributed by atoms with Crippen molar-refractivity contribution in [2.45, 2.75) is 6.54 Å². The fraction of sp³-hybridized carbons (Fsp3) is 0.636. The molecule has 100 valence electrons. The predicted octanol–water partition coefficient (Wildman–Crippen LogP) is 0.276. The minimum Gasteiger partial charge on any atom is -0.480 e. The normalized spacial score (nSPS) is 18.1. The maximum absolute atomic E-state index is 10.6. The smallest absolute Gasteiger partial charge is 0.317 e. The zero-order valence-corrected chi connectivity index (χ0v) is 11.1. The number of imidazole rings is 1. The Kier molecular flexibility index (Phi) is 4.21. The first-order valence-electron chi connectivity index (χ1n) is 5.89. The summed E-state index contributed by atoms with van der Waals surface area (Å²) in [5.41, 5.74) is 0. The Labute approximate surface area is 111 Å².